The predicted molar refractivity (Wildman–Crippen MR) is 185 cm³/mol. The fourth-order valence-electron chi connectivity index (χ4n) is 8.43. The molecule has 3 aromatic carbocycles. The molecule has 4 heterocycles. The number of carbonyl (C=O) groups excluding carboxylic acids is 3. The van der Waals surface area contributed by atoms with Crippen molar-refractivity contribution >= 4 is 43.1 Å². The van der Waals surface area contributed by atoms with Gasteiger partial charge in [-0.2, -0.15) is 5.10 Å². The maximum atomic E-state index is 14.3. The number of ether oxygens (including phenoxy) is 1. The summed E-state index contributed by atoms with van der Waals surface area (Å²) in [6.45, 7) is 5.79. The number of anilines is 2. The number of rotatable bonds is 6. The van der Waals surface area contributed by atoms with E-state index >= 15 is 0 Å². The zero-order valence-corrected chi connectivity index (χ0v) is 28.8. The second kappa shape index (κ2) is 12.1. The first-order valence-electron chi connectivity index (χ1n) is 16.7. The molecule has 0 saturated carbocycles. The van der Waals surface area contributed by atoms with Crippen molar-refractivity contribution in [2.45, 2.75) is 75.5 Å². The highest BCUT2D eigenvalue weighted by molar-refractivity contribution is 6.71. The second-order valence-corrected chi connectivity index (χ2v) is 18.1. The monoisotopic (exact) mass is 666 g/mol. The molecule has 3 aromatic rings. The Balaban J connectivity index is 1.24. The van der Waals surface area contributed by atoms with Gasteiger partial charge in [0.05, 0.1) is 42.3 Å². The van der Waals surface area contributed by atoms with E-state index < -0.39 is 31.5 Å². The fraction of sp³-hybridized carbons (Fsp3) is 0.405. The molecule has 0 bridgehead atoms. The van der Waals surface area contributed by atoms with E-state index in [2.05, 4.69) is 0 Å². The van der Waals surface area contributed by atoms with Gasteiger partial charge in [0, 0.05) is 43.5 Å². The van der Waals surface area contributed by atoms with E-state index in [4.69, 9.17) is 9.84 Å². The maximum absolute atomic E-state index is 14.3. The summed E-state index contributed by atoms with van der Waals surface area (Å²) >= 11 is 0. The van der Waals surface area contributed by atoms with Gasteiger partial charge in [0.1, 0.15) is 0 Å². The van der Waals surface area contributed by atoms with Crippen LogP contribution in [-0.4, -0.2) is 72.4 Å². The van der Waals surface area contributed by atoms with Gasteiger partial charge in [0.25, 0.3) is 5.91 Å². The zero-order valence-electron chi connectivity index (χ0n) is 27.8. The van der Waals surface area contributed by atoms with Crippen LogP contribution in [0.2, 0.25) is 18.6 Å². The SMILES string of the molecule is C[C@H]1[C@H]([Si](C)(C)O)[C@@H](CC(=O)N2Cc3ccccc3C[C@H]2CO)O[C@]12C(=O)N(C)c1ccc(N3N=C(c4ccccc4)CCC3=O)cc12. The van der Waals surface area contributed by atoms with Crippen LogP contribution in [0.5, 0.6) is 0 Å². The fourth-order valence-corrected chi connectivity index (χ4v) is 11.0. The average Bonchev–Trinajstić information content (AvgIpc) is 3.49. The number of amides is 3. The Labute approximate surface area is 281 Å². The van der Waals surface area contributed by atoms with Crippen LogP contribution < -0.4 is 9.91 Å². The van der Waals surface area contributed by atoms with Gasteiger partial charge in [-0.15, -0.1) is 0 Å². The summed E-state index contributed by atoms with van der Waals surface area (Å²) in [5.74, 6) is -1.06. The summed E-state index contributed by atoms with van der Waals surface area (Å²) < 4.78 is 6.86. The Morgan fingerprint density at radius 3 is 2.44 bits per heavy atom. The number of benzene rings is 3. The number of hydrogen-bond acceptors (Lipinski definition) is 7. The minimum Gasteiger partial charge on any atom is -0.432 e. The van der Waals surface area contributed by atoms with Gasteiger partial charge in [-0.25, -0.2) is 5.01 Å². The van der Waals surface area contributed by atoms with E-state index in [0.29, 0.717) is 42.7 Å². The normalized spacial score (nSPS) is 27.0. The van der Waals surface area contributed by atoms with Crippen LogP contribution in [0.3, 0.4) is 0 Å². The summed E-state index contributed by atoms with van der Waals surface area (Å²) in [7, 11) is -1.32. The predicted octanol–water partition coefficient (Wildman–Crippen LogP) is 4.33. The quantitative estimate of drug-likeness (QED) is 0.378. The first-order valence-corrected chi connectivity index (χ1v) is 19.7. The summed E-state index contributed by atoms with van der Waals surface area (Å²) in [5.41, 5.74) is 3.79. The third-order valence-electron chi connectivity index (χ3n) is 10.7. The van der Waals surface area contributed by atoms with Crippen LogP contribution in [0.25, 0.3) is 0 Å². The van der Waals surface area contributed by atoms with Gasteiger partial charge < -0.3 is 24.4 Å². The molecule has 2 N–H and O–H groups in total. The summed E-state index contributed by atoms with van der Waals surface area (Å²) in [5, 5.41) is 16.4. The topological polar surface area (TPSA) is 123 Å². The highest BCUT2D eigenvalue weighted by atomic mass is 28.4. The lowest BCUT2D eigenvalue weighted by Crippen LogP contribution is -2.48. The molecule has 1 fully saturated rings. The van der Waals surface area contributed by atoms with Gasteiger partial charge in [-0.05, 0) is 54.4 Å². The molecule has 11 heteroatoms. The first kappa shape index (κ1) is 32.4. The Morgan fingerprint density at radius 1 is 1.02 bits per heavy atom. The van der Waals surface area contributed by atoms with E-state index in [1.807, 2.05) is 86.7 Å². The van der Waals surface area contributed by atoms with E-state index in [-0.39, 0.29) is 36.8 Å². The van der Waals surface area contributed by atoms with Crippen molar-refractivity contribution in [1.29, 1.82) is 0 Å². The maximum Gasteiger partial charge on any atom is 0.264 e. The van der Waals surface area contributed by atoms with Gasteiger partial charge in [0.15, 0.2) is 13.9 Å². The zero-order chi connectivity index (χ0) is 34.0. The van der Waals surface area contributed by atoms with Crippen molar-refractivity contribution in [1.82, 2.24) is 4.90 Å². The minimum absolute atomic E-state index is 0.0340. The van der Waals surface area contributed by atoms with Crippen molar-refractivity contribution in [3.63, 3.8) is 0 Å². The van der Waals surface area contributed by atoms with Crippen LogP contribution in [0.4, 0.5) is 11.4 Å². The van der Waals surface area contributed by atoms with Crippen LogP contribution >= 0.6 is 0 Å². The van der Waals surface area contributed by atoms with E-state index in [9.17, 15) is 24.3 Å². The van der Waals surface area contributed by atoms with Crippen LogP contribution in [-0.2, 0) is 37.7 Å². The Hall–Kier alpha value is -4.16. The minimum atomic E-state index is -3.02. The van der Waals surface area contributed by atoms with Gasteiger partial charge in [-0.3, -0.25) is 14.4 Å². The van der Waals surface area contributed by atoms with E-state index in [0.717, 1.165) is 22.4 Å². The summed E-state index contributed by atoms with van der Waals surface area (Å²) in [6.07, 6.45) is 0.615. The largest absolute Gasteiger partial charge is 0.432 e. The molecule has 10 nitrogen and oxygen atoms in total. The summed E-state index contributed by atoms with van der Waals surface area (Å²) in [6, 6.07) is 22.8. The molecule has 250 valence electrons. The number of likely N-dealkylation sites (N-methyl/N-ethyl adjacent to an activating group) is 1. The molecule has 4 aliphatic heterocycles. The molecule has 48 heavy (non-hydrogen) atoms. The number of fused-ring (bicyclic) bond motifs is 3. The molecule has 0 unspecified atom stereocenters. The number of nitrogens with zero attached hydrogens (tertiary/aromatic N) is 4. The number of aliphatic hydroxyl groups is 1. The molecule has 5 atom stereocenters. The standard InChI is InChI=1S/C37H42N4O6Si/c1-23-35(48(3,4)46)32(20-34(44)40-21-26-13-9-8-12-25(26)18-28(40)22-42)47-37(23)29-19-27(14-16-31(29)39(2)36(37)45)41-33(43)17-15-30(38-41)24-10-6-5-7-11-24/h5-14,16,19,23,28,32,35,42,46H,15,17-18,20-22H2,1-4H3/t23-,28-,32+,35-,37+/m0/s1. The lowest BCUT2D eigenvalue weighted by molar-refractivity contribution is -0.150. The van der Waals surface area contributed by atoms with Crippen LogP contribution in [0.15, 0.2) is 77.9 Å². The smallest absolute Gasteiger partial charge is 0.264 e. The van der Waals surface area contributed by atoms with Crippen molar-refractivity contribution in [2.75, 3.05) is 23.6 Å². The molecule has 0 radical (unpaired) electrons. The Kier molecular flexibility index (Phi) is 8.14. The summed E-state index contributed by atoms with van der Waals surface area (Å²) in [4.78, 5) is 56.6. The van der Waals surface area contributed by atoms with Crippen LogP contribution in [0.1, 0.15) is 48.4 Å². The molecule has 0 aromatic heterocycles. The van der Waals surface area contributed by atoms with Crippen molar-refractivity contribution in [3.05, 3.63) is 95.1 Å². The van der Waals surface area contributed by atoms with E-state index in [1.54, 1.807) is 22.9 Å². The van der Waals surface area contributed by atoms with Crippen molar-refractivity contribution in [3.8, 4) is 0 Å². The molecule has 1 saturated heterocycles. The highest BCUT2D eigenvalue weighted by Gasteiger charge is 2.66. The highest BCUT2D eigenvalue weighted by Crippen LogP contribution is 2.60. The Morgan fingerprint density at radius 2 is 1.73 bits per heavy atom. The lowest BCUT2D eigenvalue weighted by Gasteiger charge is -2.37. The van der Waals surface area contributed by atoms with Crippen molar-refractivity contribution < 1.29 is 29.0 Å². The van der Waals surface area contributed by atoms with Crippen molar-refractivity contribution in [2.24, 2.45) is 11.0 Å². The molecule has 7 rings (SSSR count). The number of aliphatic hydroxyl groups excluding tert-OH is 1. The number of carbonyl (C=O) groups is 3. The number of hydrogen-bond donors (Lipinski definition) is 2. The molecular weight excluding hydrogens is 625 g/mol. The molecule has 4 aliphatic rings. The third kappa shape index (κ3) is 5.20. The third-order valence-corrected chi connectivity index (χ3v) is 13.2. The number of hydrazone groups is 1. The average molecular weight is 667 g/mol. The second-order valence-electron chi connectivity index (χ2n) is 14.1. The molecule has 3 amide bonds. The van der Waals surface area contributed by atoms with Crippen LogP contribution in [0, 0.1) is 5.92 Å². The molecular formula is C37H42N4O6Si. The first-order chi connectivity index (χ1) is 22.9. The van der Waals surface area contributed by atoms with Gasteiger partial charge in [-0.1, -0.05) is 61.5 Å². The Bertz CT molecular complexity index is 1810. The lowest BCUT2D eigenvalue weighted by atomic mass is 9.82. The van der Waals surface area contributed by atoms with E-state index in [1.165, 1.54) is 5.01 Å². The van der Waals surface area contributed by atoms with Gasteiger partial charge in [0.2, 0.25) is 11.8 Å². The molecule has 1 spiro atoms. The van der Waals surface area contributed by atoms with Gasteiger partial charge >= 0.3 is 0 Å². The molecule has 0 aliphatic carbocycles.